The predicted octanol–water partition coefficient (Wildman–Crippen LogP) is 3.84. The minimum Gasteiger partial charge on any atom is -0.481 e. The van der Waals surface area contributed by atoms with E-state index < -0.39 is 16.1 Å². The van der Waals surface area contributed by atoms with Gasteiger partial charge in [0.05, 0.1) is 11.1 Å². The highest BCUT2D eigenvalue weighted by Crippen LogP contribution is 2.27. The third-order valence-electron chi connectivity index (χ3n) is 3.48. The number of rotatable bonds is 6. The fraction of sp³-hybridized carbons (Fsp3) is 0.188. The number of ether oxygens (including phenoxy) is 1. The molecule has 0 aliphatic carbocycles. The average Bonchev–Trinajstić information content (AvgIpc) is 3.06. The van der Waals surface area contributed by atoms with Gasteiger partial charge in [0.1, 0.15) is 5.75 Å². The molecule has 0 spiro atoms. The van der Waals surface area contributed by atoms with Gasteiger partial charge in [-0.15, -0.1) is 0 Å². The Morgan fingerprint density at radius 3 is 2.81 bits per heavy atom. The van der Waals surface area contributed by atoms with Crippen molar-refractivity contribution in [1.29, 1.82) is 0 Å². The van der Waals surface area contributed by atoms with Crippen molar-refractivity contribution in [2.75, 3.05) is 4.72 Å². The molecule has 0 saturated heterocycles. The van der Waals surface area contributed by atoms with Crippen LogP contribution in [-0.4, -0.2) is 22.8 Å². The van der Waals surface area contributed by atoms with E-state index in [1.807, 2.05) is 0 Å². The molecule has 7 nitrogen and oxygen atoms in total. The Bertz CT molecular complexity index is 1010. The lowest BCUT2D eigenvalue weighted by atomic mass is 10.2. The van der Waals surface area contributed by atoms with Crippen LogP contribution in [0.2, 0.25) is 5.02 Å². The van der Waals surface area contributed by atoms with Crippen LogP contribution in [0.5, 0.6) is 5.75 Å². The Labute approximate surface area is 160 Å². The summed E-state index contributed by atoms with van der Waals surface area (Å²) in [5, 5.41) is 0.533. The number of benzene rings is 1. The van der Waals surface area contributed by atoms with E-state index in [4.69, 9.17) is 16.3 Å². The number of halogens is 1. The first-order valence-electron chi connectivity index (χ1n) is 7.55. The van der Waals surface area contributed by atoms with Gasteiger partial charge in [0, 0.05) is 22.8 Å². The van der Waals surface area contributed by atoms with Crippen LogP contribution in [-0.2, 0) is 10.0 Å². The minimum absolute atomic E-state index is 0.0985. The molecule has 26 heavy (non-hydrogen) atoms. The summed E-state index contributed by atoms with van der Waals surface area (Å²) < 4.78 is 37.4. The lowest BCUT2D eigenvalue weighted by Crippen LogP contribution is -2.14. The zero-order valence-corrected chi connectivity index (χ0v) is 16.3. The maximum atomic E-state index is 12.6. The minimum atomic E-state index is -3.82. The zero-order valence-electron chi connectivity index (χ0n) is 13.9. The van der Waals surface area contributed by atoms with Gasteiger partial charge in [0.15, 0.2) is 11.9 Å². The molecule has 0 unspecified atom stereocenters. The normalized spacial score (nSPS) is 12.6. The van der Waals surface area contributed by atoms with Gasteiger partial charge in [0.25, 0.3) is 10.0 Å². The predicted molar refractivity (Wildman–Crippen MR) is 100 cm³/mol. The first kappa shape index (κ1) is 18.6. The summed E-state index contributed by atoms with van der Waals surface area (Å²) in [6.07, 6.45) is 2.76. The largest absolute Gasteiger partial charge is 0.481 e. The summed E-state index contributed by atoms with van der Waals surface area (Å²) in [6.45, 7) is 3.42. The molecule has 136 valence electrons. The molecule has 1 N–H and O–H groups in total. The summed E-state index contributed by atoms with van der Waals surface area (Å²) >= 11 is 6.95. The SMILES string of the molecule is Cc1c(Cl)cccc1S(=O)(=O)Nc1nc([C@@H](C)Oc2cccnc2)ns1. The maximum absolute atomic E-state index is 12.6. The van der Waals surface area contributed by atoms with Crippen LogP contribution >= 0.6 is 23.1 Å². The number of nitrogens with zero attached hydrogens (tertiary/aromatic N) is 3. The van der Waals surface area contributed by atoms with Crippen molar-refractivity contribution in [2.24, 2.45) is 0 Å². The van der Waals surface area contributed by atoms with Crippen LogP contribution < -0.4 is 9.46 Å². The second kappa shape index (κ2) is 7.56. The molecule has 0 bridgehead atoms. The monoisotopic (exact) mass is 410 g/mol. The van der Waals surface area contributed by atoms with Gasteiger partial charge in [-0.25, -0.2) is 8.42 Å². The van der Waals surface area contributed by atoms with Crippen molar-refractivity contribution < 1.29 is 13.2 Å². The van der Waals surface area contributed by atoms with Crippen LogP contribution in [0.25, 0.3) is 0 Å². The van der Waals surface area contributed by atoms with Gasteiger partial charge in [0.2, 0.25) is 5.13 Å². The Morgan fingerprint density at radius 2 is 2.08 bits per heavy atom. The summed E-state index contributed by atoms with van der Waals surface area (Å²) in [5.41, 5.74) is 0.472. The maximum Gasteiger partial charge on any atom is 0.264 e. The first-order chi connectivity index (χ1) is 12.4. The van der Waals surface area contributed by atoms with E-state index in [0.29, 0.717) is 22.2 Å². The molecule has 0 saturated carbocycles. The lowest BCUT2D eigenvalue weighted by molar-refractivity contribution is 0.217. The van der Waals surface area contributed by atoms with Crippen LogP contribution in [0.3, 0.4) is 0 Å². The smallest absolute Gasteiger partial charge is 0.264 e. The number of aromatic nitrogens is 3. The van der Waals surface area contributed by atoms with Crippen molar-refractivity contribution in [3.8, 4) is 5.75 Å². The molecule has 3 aromatic rings. The second-order valence-corrected chi connectivity index (χ2v) is 8.18. The highest BCUT2D eigenvalue weighted by Gasteiger charge is 2.21. The molecule has 0 amide bonds. The van der Waals surface area contributed by atoms with Gasteiger partial charge in [-0.3, -0.25) is 9.71 Å². The van der Waals surface area contributed by atoms with Gasteiger partial charge in [-0.05, 0) is 43.7 Å². The average molecular weight is 411 g/mol. The molecular weight excluding hydrogens is 396 g/mol. The molecule has 0 fully saturated rings. The summed E-state index contributed by atoms with van der Waals surface area (Å²) in [5.74, 6) is 0.950. The van der Waals surface area contributed by atoms with E-state index in [-0.39, 0.29) is 10.0 Å². The number of nitrogens with one attached hydrogen (secondary N) is 1. The fourth-order valence-electron chi connectivity index (χ4n) is 2.16. The van der Waals surface area contributed by atoms with Crippen LogP contribution in [0.1, 0.15) is 24.4 Å². The second-order valence-electron chi connectivity index (χ2n) is 5.38. The van der Waals surface area contributed by atoms with Gasteiger partial charge in [-0.1, -0.05) is 17.7 Å². The Hall–Kier alpha value is -2.23. The fourth-order valence-corrected chi connectivity index (χ4v) is 4.53. The van der Waals surface area contributed by atoms with Crippen molar-refractivity contribution in [3.63, 3.8) is 0 Å². The topological polar surface area (TPSA) is 94.1 Å². The summed E-state index contributed by atoms with van der Waals surface area (Å²) in [6, 6.07) is 8.22. The number of hydrogen-bond acceptors (Lipinski definition) is 7. The van der Waals surface area contributed by atoms with Crippen LogP contribution in [0.4, 0.5) is 5.13 Å². The number of pyridine rings is 1. The van der Waals surface area contributed by atoms with E-state index in [2.05, 4.69) is 19.1 Å². The molecule has 2 heterocycles. The Kier molecular flexibility index (Phi) is 5.40. The van der Waals surface area contributed by atoms with Crippen molar-refractivity contribution >= 4 is 38.3 Å². The standard InChI is InChI=1S/C16H15ClN4O3S2/c1-10-13(17)6-3-7-14(10)26(22,23)21-16-19-15(20-25-16)11(2)24-12-5-4-8-18-9-12/h3-9,11H,1-2H3,(H,19,20,21)/t11-/m1/s1. The first-order valence-corrected chi connectivity index (χ1v) is 10.2. The quantitative estimate of drug-likeness (QED) is 0.663. The molecule has 10 heteroatoms. The lowest BCUT2D eigenvalue weighted by Gasteiger charge is -2.11. The molecule has 0 aliphatic rings. The van der Waals surface area contributed by atoms with E-state index in [0.717, 1.165) is 11.5 Å². The molecule has 1 atom stereocenters. The van der Waals surface area contributed by atoms with Gasteiger partial charge in [-0.2, -0.15) is 9.36 Å². The third kappa shape index (κ3) is 4.12. The van der Waals surface area contributed by atoms with Crippen LogP contribution in [0.15, 0.2) is 47.6 Å². The van der Waals surface area contributed by atoms with Crippen molar-refractivity contribution in [1.82, 2.24) is 14.3 Å². The number of anilines is 1. The van der Waals surface area contributed by atoms with Gasteiger partial charge < -0.3 is 4.74 Å². The Morgan fingerprint density at radius 1 is 1.27 bits per heavy atom. The molecule has 2 aromatic heterocycles. The number of sulfonamides is 1. The molecule has 0 radical (unpaired) electrons. The zero-order chi connectivity index (χ0) is 18.7. The van der Waals surface area contributed by atoms with Crippen molar-refractivity contribution in [3.05, 3.63) is 59.1 Å². The molecule has 3 rings (SSSR count). The summed E-state index contributed by atoms with van der Waals surface area (Å²) in [4.78, 5) is 8.27. The number of hydrogen-bond donors (Lipinski definition) is 1. The summed E-state index contributed by atoms with van der Waals surface area (Å²) in [7, 11) is -3.82. The molecule has 1 aromatic carbocycles. The third-order valence-corrected chi connectivity index (χ3v) is 6.15. The highest BCUT2D eigenvalue weighted by molar-refractivity contribution is 7.93. The van der Waals surface area contributed by atoms with Crippen LogP contribution in [0, 0.1) is 6.92 Å². The van der Waals surface area contributed by atoms with E-state index in [1.54, 1.807) is 50.5 Å². The van der Waals surface area contributed by atoms with Gasteiger partial charge >= 0.3 is 0 Å². The van der Waals surface area contributed by atoms with Crippen molar-refractivity contribution in [2.45, 2.75) is 24.8 Å². The molecule has 0 aliphatic heterocycles. The van der Waals surface area contributed by atoms with E-state index in [9.17, 15) is 8.42 Å². The van der Waals surface area contributed by atoms with E-state index >= 15 is 0 Å². The highest BCUT2D eigenvalue weighted by atomic mass is 35.5. The molecular formula is C16H15ClN4O3S2. The van der Waals surface area contributed by atoms with E-state index in [1.165, 1.54) is 6.07 Å². The Balaban J connectivity index is 1.76.